The van der Waals surface area contributed by atoms with Crippen molar-refractivity contribution in [3.05, 3.63) is 22.4 Å². The third-order valence-electron chi connectivity index (χ3n) is 2.40. The molecule has 102 valence electrons. The summed E-state index contributed by atoms with van der Waals surface area (Å²) < 4.78 is 5.35. The van der Waals surface area contributed by atoms with Gasteiger partial charge in [-0.05, 0) is 18.7 Å². The van der Waals surface area contributed by atoms with Crippen LogP contribution in [0.15, 0.2) is 14.7 Å². The van der Waals surface area contributed by atoms with Crippen LogP contribution in [0.5, 0.6) is 0 Å². The van der Waals surface area contributed by atoms with Crippen LogP contribution in [-0.2, 0) is 5.41 Å². The molecule has 0 atom stereocenters. The zero-order valence-corrected chi connectivity index (χ0v) is 13.1. The average molecular weight is 299 g/mol. The summed E-state index contributed by atoms with van der Waals surface area (Å²) in [6.45, 7) is 9.75. The minimum atomic E-state index is -0.169. The van der Waals surface area contributed by atoms with Gasteiger partial charge in [-0.1, -0.05) is 32.4 Å². The Labute approximate surface area is 121 Å². The van der Waals surface area contributed by atoms with Crippen LogP contribution in [0.1, 0.15) is 38.0 Å². The molecule has 0 N–H and O–H groups in total. The van der Waals surface area contributed by atoms with E-state index in [2.05, 4.69) is 20.2 Å². The maximum Gasteiger partial charge on any atom is 0.282 e. The molecule has 0 aliphatic carbocycles. The van der Waals surface area contributed by atoms with Crippen LogP contribution in [0.3, 0.4) is 0 Å². The Bertz CT molecular complexity index is 606. The highest BCUT2D eigenvalue weighted by atomic mass is 35.5. The van der Waals surface area contributed by atoms with Gasteiger partial charge < -0.3 is 4.42 Å². The van der Waals surface area contributed by atoms with Crippen LogP contribution in [0, 0.1) is 13.8 Å². The molecule has 0 saturated heterocycles. The van der Waals surface area contributed by atoms with Crippen molar-refractivity contribution in [3.63, 3.8) is 0 Å². The highest BCUT2D eigenvalue weighted by Crippen LogP contribution is 2.32. The largest absolute Gasteiger partial charge is 0.416 e. The fraction of sp³-hybridized carbons (Fsp3) is 0.500. The van der Waals surface area contributed by atoms with Gasteiger partial charge in [-0.3, -0.25) is 0 Å². The third-order valence-corrected chi connectivity index (χ3v) is 3.70. The maximum absolute atomic E-state index is 6.17. The Morgan fingerprint density at radius 1 is 1.11 bits per heavy atom. The van der Waals surface area contributed by atoms with Crippen LogP contribution in [-0.4, -0.2) is 20.2 Å². The lowest BCUT2D eigenvalue weighted by atomic mass is 9.96. The molecule has 19 heavy (non-hydrogen) atoms. The molecule has 2 aromatic rings. The van der Waals surface area contributed by atoms with Gasteiger partial charge in [-0.2, -0.15) is 0 Å². The van der Waals surface area contributed by atoms with E-state index in [1.165, 1.54) is 11.8 Å². The first-order valence-corrected chi connectivity index (χ1v) is 6.99. The van der Waals surface area contributed by atoms with E-state index in [-0.39, 0.29) is 5.41 Å². The summed E-state index contributed by atoms with van der Waals surface area (Å²) in [5, 5.41) is 9.39. The van der Waals surface area contributed by atoms with Crippen molar-refractivity contribution in [3.8, 4) is 0 Å². The Hall–Kier alpha value is -1.14. The number of rotatable bonds is 2. The Balaban J connectivity index is 2.41. The molecule has 0 fully saturated rings. The second-order valence-electron chi connectivity index (χ2n) is 5.21. The summed E-state index contributed by atoms with van der Waals surface area (Å²) in [5.74, 6) is 1.22. The zero-order chi connectivity index (χ0) is 14.2. The van der Waals surface area contributed by atoms with Gasteiger partial charge in [0.05, 0.1) is 0 Å². The first kappa shape index (κ1) is 14.3. The molecule has 2 rings (SSSR count). The molecule has 0 radical (unpaired) electrons. The van der Waals surface area contributed by atoms with Crippen LogP contribution in [0.25, 0.3) is 0 Å². The molecule has 2 aromatic heterocycles. The summed E-state index contributed by atoms with van der Waals surface area (Å²) >= 11 is 7.47. The predicted molar refractivity (Wildman–Crippen MR) is 73.6 cm³/mol. The highest BCUT2D eigenvalue weighted by molar-refractivity contribution is 7.99. The van der Waals surface area contributed by atoms with Crippen molar-refractivity contribution in [2.24, 2.45) is 0 Å². The quantitative estimate of drug-likeness (QED) is 0.790. The summed E-state index contributed by atoms with van der Waals surface area (Å²) in [5.41, 5.74) is 0.646. The minimum absolute atomic E-state index is 0.169. The van der Waals surface area contributed by atoms with Gasteiger partial charge in [0.25, 0.3) is 5.22 Å². The first-order chi connectivity index (χ1) is 8.77. The number of nitrogens with zero attached hydrogens (tertiary/aromatic N) is 4. The average Bonchev–Trinajstić information content (AvgIpc) is 2.69. The van der Waals surface area contributed by atoms with Gasteiger partial charge >= 0.3 is 0 Å². The van der Waals surface area contributed by atoms with E-state index < -0.39 is 0 Å². The molecular weight excluding hydrogens is 284 g/mol. The van der Waals surface area contributed by atoms with E-state index in [0.29, 0.717) is 22.1 Å². The number of aryl methyl sites for hydroxylation is 1. The van der Waals surface area contributed by atoms with Gasteiger partial charge in [0.1, 0.15) is 16.0 Å². The van der Waals surface area contributed by atoms with Gasteiger partial charge in [-0.25, -0.2) is 9.97 Å². The molecule has 0 saturated carbocycles. The molecule has 0 aliphatic rings. The van der Waals surface area contributed by atoms with Crippen LogP contribution < -0.4 is 0 Å². The molecule has 0 aliphatic heterocycles. The normalized spacial score (nSPS) is 11.9. The maximum atomic E-state index is 6.17. The number of hydrogen-bond donors (Lipinski definition) is 0. The molecular formula is C12H15ClN4OS. The number of aromatic nitrogens is 4. The SMILES string of the molecule is Cc1nnc(Sc2nc(C(C)(C)C)nc(Cl)c2C)o1. The van der Waals surface area contributed by atoms with Gasteiger partial charge in [0.2, 0.25) is 5.89 Å². The van der Waals surface area contributed by atoms with Crippen LogP contribution in [0.2, 0.25) is 5.15 Å². The molecule has 0 amide bonds. The van der Waals surface area contributed by atoms with E-state index >= 15 is 0 Å². The van der Waals surface area contributed by atoms with E-state index in [9.17, 15) is 0 Å². The second kappa shape index (κ2) is 5.09. The monoisotopic (exact) mass is 298 g/mol. The van der Waals surface area contributed by atoms with Crippen molar-refractivity contribution in [1.29, 1.82) is 0 Å². The highest BCUT2D eigenvalue weighted by Gasteiger charge is 2.21. The van der Waals surface area contributed by atoms with E-state index in [4.69, 9.17) is 16.0 Å². The lowest BCUT2D eigenvalue weighted by molar-refractivity contribution is 0.429. The van der Waals surface area contributed by atoms with Gasteiger partial charge in [0, 0.05) is 17.9 Å². The fourth-order valence-electron chi connectivity index (χ4n) is 1.31. The van der Waals surface area contributed by atoms with Crippen molar-refractivity contribution in [2.45, 2.75) is 50.3 Å². The van der Waals surface area contributed by atoms with E-state index in [1.807, 2.05) is 27.7 Å². The molecule has 0 bridgehead atoms. The number of halogens is 1. The van der Waals surface area contributed by atoms with E-state index in [1.54, 1.807) is 6.92 Å². The van der Waals surface area contributed by atoms with Crippen LogP contribution >= 0.6 is 23.4 Å². The molecule has 0 unspecified atom stereocenters. The summed E-state index contributed by atoms with van der Waals surface area (Å²) in [7, 11) is 0. The molecule has 2 heterocycles. The minimum Gasteiger partial charge on any atom is -0.416 e. The Kier molecular flexibility index (Phi) is 3.82. The lowest BCUT2D eigenvalue weighted by Gasteiger charge is -2.18. The van der Waals surface area contributed by atoms with Gasteiger partial charge in [0.15, 0.2) is 0 Å². The smallest absolute Gasteiger partial charge is 0.282 e. The zero-order valence-electron chi connectivity index (χ0n) is 11.5. The van der Waals surface area contributed by atoms with Gasteiger partial charge in [-0.15, -0.1) is 10.2 Å². The molecule has 0 aromatic carbocycles. The van der Waals surface area contributed by atoms with Crippen molar-refractivity contribution < 1.29 is 4.42 Å². The first-order valence-electron chi connectivity index (χ1n) is 5.80. The van der Waals surface area contributed by atoms with E-state index in [0.717, 1.165) is 10.6 Å². The Morgan fingerprint density at radius 3 is 2.32 bits per heavy atom. The predicted octanol–water partition coefficient (Wildman–Crippen LogP) is 3.58. The van der Waals surface area contributed by atoms with Crippen LogP contribution in [0.4, 0.5) is 0 Å². The third kappa shape index (κ3) is 3.25. The summed E-state index contributed by atoms with van der Waals surface area (Å²) in [4.78, 5) is 8.87. The van der Waals surface area contributed by atoms with Crippen molar-refractivity contribution in [2.75, 3.05) is 0 Å². The standard InChI is InChI=1S/C12H15ClN4OS/c1-6-8(13)14-10(12(3,4)5)15-9(6)19-11-17-16-7(2)18-11/h1-5H3. The summed E-state index contributed by atoms with van der Waals surface area (Å²) in [6, 6.07) is 0. The topological polar surface area (TPSA) is 64.7 Å². The number of hydrogen-bond acceptors (Lipinski definition) is 6. The van der Waals surface area contributed by atoms with Crippen molar-refractivity contribution in [1.82, 2.24) is 20.2 Å². The fourth-order valence-corrected chi connectivity index (χ4v) is 2.32. The molecule has 7 heteroatoms. The second-order valence-corrected chi connectivity index (χ2v) is 6.51. The molecule has 0 spiro atoms. The lowest BCUT2D eigenvalue weighted by Crippen LogP contribution is -2.17. The van der Waals surface area contributed by atoms with Crippen molar-refractivity contribution >= 4 is 23.4 Å². The summed E-state index contributed by atoms with van der Waals surface area (Å²) in [6.07, 6.45) is 0. The molecule has 5 nitrogen and oxygen atoms in total. The Morgan fingerprint density at radius 2 is 1.79 bits per heavy atom.